The van der Waals surface area contributed by atoms with Crippen LogP contribution in [0.25, 0.3) is 11.4 Å². The van der Waals surface area contributed by atoms with Crippen LogP contribution in [0.2, 0.25) is 0 Å². The van der Waals surface area contributed by atoms with Crippen molar-refractivity contribution in [3.05, 3.63) is 157 Å². The van der Waals surface area contributed by atoms with Crippen molar-refractivity contribution in [2.75, 3.05) is 13.2 Å². The van der Waals surface area contributed by atoms with Crippen molar-refractivity contribution in [2.24, 2.45) is 4.74 Å². The van der Waals surface area contributed by atoms with Gasteiger partial charge in [-0.1, -0.05) is 127 Å². The Labute approximate surface area is 269 Å². The molecule has 5 rings (SSSR count). The van der Waals surface area contributed by atoms with Crippen LogP contribution in [0, 0.1) is 0 Å². The van der Waals surface area contributed by atoms with Crippen LogP contribution in [0.15, 0.2) is 150 Å². The summed E-state index contributed by atoms with van der Waals surface area (Å²) in [6.45, 7) is 3.57. The van der Waals surface area contributed by atoms with E-state index in [1.807, 2.05) is 103 Å². The maximum absolute atomic E-state index is 13.8. The predicted molar refractivity (Wildman–Crippen MR) is 184 cm³/mol. The van der Waals surface area contributed by atoms with Gasteiger partial charge in [-0.25, -0.2) is 19.8 Å². The standard InChI is InChI=1S/C37H35N4O4P/c1-3-44-36(42)39-41(37(43)45-4-2)35(29-19-9-5-10-20-29)34(33-27-17-18-28-38-33)40-46(30-21-11-6-12-22-30,31-23-13-7-14-24-31)32-25-15-8-16-26-32/h5-28H,3-4H2,1-2H3,(H,39,42)/b35-34+. The number of pyridine rings is 1. The Morgan fingerprint density at radius 3 is 1.61 bits per heavy atom. The summed E-state index contributed by atoms with van der Waals surface area (Å²) in [5.74, 6) is 0. The minimum atomic E-state index is -2.88. The fourth-order valence-electron chi connectivity index (χ4n) is 5.03. The Balaban J connectivity index is 2.01. The van der Waals surface area contributed by atoms with E-state index in [2.05, 4.69) is 41.8 Å². The number of hydrogen-bond acceptors (Lipinski definition) is 6. The number of amides is 2. The summed E-state index contributed by atoms with van der Waals surface area (Å²) in [4.78, 5) is 31.5. The lowest BCUT2D eigenvalue weighted by Crippen LogP contribution is -2.45. The molecular weight excluding hydrogens is 595 g/mol. The molecule has 1 N–H and O–H groups in total. The predicted octanol–water partition coefficient (Wildman–Crippen LogP) is 7.20. The van der Waals surface area contributed by atoms with Crippen LogP contribution >= 0.6 is 7.05 Å². The van der Waals surface area contributed by atoms with Gasteiger partial charge in [0.2, 0.25) is 0 Å². The van der Waals surface area contributed by atoms with Crippen LogP contribution in [0.4, 0.5) is 9.59 Å². The summed E-state index contributed by atoms with van der Waals surface area (Å²) >= 11 is 0. The van der Waals surface area contributed by atoms with E-state index in [1.165, 1.54) is 0 Å². The summed E-state index contributed by atoms with van der Waals surface area (Å²) in [6.07, 6.45) is 0.0509. The van der Waals surface area contributed by atoms with Crippen molar-refractivity contribution in [1.82, 2.24) is 15.4 Å². The van der Waals surface area contributed by atoms with Crippen molar-refractivity contribution in [3.63, 3.8) is 0 Å². The number of hydrogen-bond donors (Lipinski definition) is 1. The highest BCUT2D eigenvalue weighted by Crippen LogP contribution is 2.50. The van der Waals surface area contributed by atoms with E-state index < -0.39 is 19.2 Å². The fourth-order valence-corrected chi connectivity index (χ4v) is 8.58. The summed E-state index contributed by atoms with van der Waals surface area (Å²) < 4.78 is 16.5. The quantitative estimate of drug-likeness (QED) is 0.137. The summed E-state index contributed by atoms with van der Waals surface area (Å²) in [5.41, 5.74) is 4.37. The summed E-state index contributed by atoms with van der Waals surface area (Å²) in [6, 6.07) is 45.2. The van der Waals surface area contributed by atoms with Crippen molar-refractivity contribution >= 4 is 46.5 Å². The van der Waals surface area contributed by atoms with Gasteiger partial charge in [0.05, 0.1) is 26.0 Å². The zero-order valence-corrected chi connectivity index (χ0v) is 26.6. The molecule has 0 aliphatic carbocycles. The van der Waals surface area contributed by atoms with Gasteiger partial charge in [-0.3, -0.25) is 4.98 Å². The third-order valence-electron chi connectivity index (χ3n) is 6.97. The monoisotopic (exact) mass is 630 g/mol. The fraction of sp³-hybridized carbons (Fsp3) is 0.108. The Morgan fingerprint density at radius 2 is 1.15 bits per heavy atom. The average Bonchev–Trinajstić information content (AvgIpc) is 3.11. The molecular formula is C37H35N4O4P. The van der Waals surface area contributed by atoms with E-state index in [9.17, 15) is 9.59 Å². The van der Waals surface area contributed by atoms with Crippen LogP contribution in [-0.4, -0.2) is 35.4 Å². The second-order valence-corrected chi connectivity index (χ2v) is 12.9. The number of carbonyl (C=O) groups is 2. The largest absolute Gasteiger partial charge is 0.449 e. The number of rotatable bonds is 9. The highest BCUT2D eigenvalue weighted by Gasteiger charge is 2.32. The number of hydrazine groups is 1. The first-order valence-electron chi connectivity index (χ1n) is 15.0. The third kappa shape index (κ3) is 7.09. The molecule has 5 aromatic rings. The number of nitrogens with zero attached hydrogens (tertiary/aromatic N) is 3. The molecule has 0 spiro atoms. The number of carbonyl (C=O) groups excluding carboxylic acids is 2. The molecule has 0 aliphatic heterocycles. The molecule has 232 valence electrons. The van der Waals surface area contributed by atoms with Crippen LogP contribution in [-0.2, 0) is 9.47 Å². The molecule has 1 aromatic heterocycles. The third-order valence-corrected chi connectivity index (χ3v) is 10.6. The molecule has 0 unspecified atom stereocenters. The molecule has 46 heavy (non-hydrogen) atoms. The molecule has 0 atom stereocenters. The lowest BCUT2D eigenvalue weighted by molar-refractivity contribution is 0.0960. The normalized spacial score (nSPS) is 11.5. The zero-order valence-electron chi connectivity index (χ0n) is 25.7. The van der Waals surface area contributed by atoms with Gasteiger partial charge in [-0.15, -0.1) is 0 Å². The van der Waals surface area contributed by atoms with Crippen LogP contribution in [0.1, 0.15) is 25.1 Å². The minimum absolute atomic E-state index is 0.0763. The van der Waals surface area contributed by atoms with E-state index in [-0.39, 0.29) is 18.9 Å². The topological polar surface area (TPSA) is 93.1 Å². The van der Waals surface area contributed by atoms with E-state index in [0.717, 1.165) is 20.9 Å². The second-order valence-electron chi connectivity index (χ2n) is 9.89. The smallest absolute Gasteiger partial charge is 0.433 e. The molecule has 0 radical (unpaired) electrons. The van der Waals surface area contributed by atoms with Crippen molar-refractivity contribution in [2.45, 2.75) is 13.8 Å². The minimum Gasteiger partial charge on any atom is -0.449 e. The van der Waals surface area contributed by atoms with Gasteiger partial charge < -0.3 is 9.47 Å². The van der Waals surface area contributed by atoms with Crippen molar-refractivity contribution < 1.29 is 19.1 Å². The SMILES string of the molecule is CCOC(=O)NN(C(=O)OCC)/C(=C(/N=P(c1ccccc1)(c1ccccc1)c1ccccc1)c1ccccn1)c1ccccc1. The summed E-state index contributed by atoms with van der Waals surface area (Å²) in [5, 5.41) is 4.05. The van der Waals surface area contributed by atoms with E-state index in [0.29, 0.717) is 17.0 Å². The van der Waals surface area contributed by atoms with Crippen molar-refractivity contribution in [1.29, 1.82) is 0 Å². The van der Waals surface area contributed by atoms with Crippen LogP contribution in [0.3, 0.4) is 0 Å². The van der Waals surface area contributed by atoms with Crippen LogP contribution in [0.5, 0.6) is 0 Å². The molecule has 8 nitrogen and oxygen atoms in total. The Hall–Kier alpha value is -5.46. The van der Waals surface area contributed by atoms with E-state index >= 15 is 0 Å². The Kier molecular flexibility index (Phi) is 10.8. The molecule has 0 fully saturated rings. The van der Waals surface area contributed by atoms with Gasteiger partial charge in [0.25, 0.3) is 0 Å². The highest BCUT2D eigenvalue weighted by atomic mass is 31.2. The average molecular weight is 631 g/mol. The van der Waals surface area contributed by atoms with Gasteiger partial charge in [-0.2, -0.15) is 5.01 Å². The first kappa shape index (κ1) is 31.9. The molecule has 2 amide bonds. The van der Waals surface area contributed by atoms with Gasteiger partial charge in [0.1, 0.15) is 11.4 Å². The lowest BCUT2D eigenvalue weighted by atomic mass is 10.1. The number of benzene rings is 4. The van der Waals surface area contributed by atoms with E-state index in [4.69, 9.17) is 19.2 Å². The maximum Gasteiger partial charge on any atom is 0.433 e. The van der Waals surface area contributed by atoms with Gasteiger partial charge in [0.15, 0.2) is 0 Å². The summed E-state index contributed by atoms with van der Waals surface area (Å²) in [7, 11) is -2.88. The van der Waals surface area contributed by atoms with Gasteiger partial charge >= 0.3 is 12.2 Å². The molecule has 4 aromatic carbocycles. The molecule has 1 heterocycles. The maximum atomic E-state index is 13.8. The Morgan fingerprint density at radius 1 is 0.674 bits per heavy atom. The molecule has 0 aliphatic rings. The zero-order chi connectivity index (χ0) is 32.2. The number of ether oxygens (including phenoxy) is 2. The van der Waals surface area contributed by atoms with Crippen LogP contribution < -0.4 is 21.3 Å². The molecule has 9 heteroatoms. The number of nitrogens with one attached hydrogen (secondary N) is 1. The first-order valence-corrected chi connectivity index (χ1v) is 16.7. The van der Waals surface area contributed by atoms with Gasteiger partial charge in [0, 0.05) is 27.7 Å². The second kappa shape index (κ2) is 15.5. The molecule has 0 saturated carbocycles. The van der Waals surface area contributed by atoms with E-state index in [1.54, 1.807) is 20.0 Å². The Bertz CT molecular complexity index is 1720. The van der Waals surface area contributed by atoms with Crippen molar-refractivity contribution in [3.8, 4) is 0 Å². The van der Waals surface area contributed by atoms with Gasteiger partial charge in [-0.05, 0) is 26.0 Å². The first-order chi connectivity index (χ1) is 22.6. The highest BCUT2D eigenvalue weighted by molar-refractivity contribution is 7.87. The molecule has 0 saturated heterocycles. The lowest BCUT2D eigenvalue weighted by Gasteiger charge is -2.30. The number of aromatic nitrogens is 1. The molecule has 0 bridgehead atoms.